The number of hydrogen-bond donors (Lipinski definition) is 1. The minimum atomic E-state index is -0.0482. The highest BCUT2D eigenvalue weighted by molar-refractivity contribution is 6.00. The van der Waals surface area contributed by atoms with Gasteiger partial charge in [0.1, 0.15) is 0 Å². The summed E-state index contributed by atoms with van der Waals surface area (Å²) in [5.74, 6) is 0.236. The molecule has 0 unspecified atom stereocenters. The number of quaternary nitrogens is 1. The molecule has 1 aromatic heterocycles. The van der Waals surface area contributed by atoms with Crippen molar-refractivity contribution in [2.45, 2.75) is 26.3 Å². The van der Waals surface area contributed by atoms with Crippen molar-refractivity contribution in [1.29, 1.82) is 0 Å². The smallest absolute Gasteiger partial charge is 0.222 e. The summed E-state index contributed by atoms with van der Waals surface area (Å²) in [7, 11) is 6.11. The SMILES string of the molecule is Cc1cc(C(=O)[C@@H](Cc2ccccc2)[NH+](C)C)c(C)n1C. The van der Waals surface area contributed by atoms with Crippen molar-refractivity contribution < 1.29 is 9.69 Å². The van der Waals surface area contributed by atoms with E-state index >= 15 is 0 Å². The lowest BCUT2D eigenvalue weighted by Crippen LogP contribution is -3.11. The number of ketones is 1. The maximum atomic E-state index is 12.9. The summed E-state index contributed by atoms with van der Waals surface area (Å²) in [4.78, 5) is 14.1. The van der Waals surface area contributed by atoms with Crippen molar-refractivity contribution in [3.05, 3.63) is 58.9 Å². The molecule has 0 saturated heterocycles. The number of nitrogens with zero attached hydrogens (tertiary/aromatic N) is 1. The number of aromatic nitrogens is 1. The molecule has 0 aliphatic carbocycles. The highest BCUT2D eigenvalue weighted by Crippen LogP contribution is 2.16. The third kappa shape index (κ3) is 3.24. The first-order valence-corrected chi connectivity index (χ1v) is 7.43. The summed E-state index contributed by atoms with van der Waals surface area (Å²) in [6.07, 6.45) is 0.773. The fraction of sp³-hybridized carbons (Fsp3) is 0.389. The van der Waals surface area contributed by atoms with Gasteiger partial charge in [0.2, 0.25) is 5.78 Å². The van der Waals surface area contributed by atoms with Gasteiger partial charge < -0.3 is 9.47 Å². The molecule has 3 nitrogen and oxygen atoms in total. The second-order valence-electron chi connectivity index (χ2n) is 6.03. The average molecular weight is 285 g/mol. The van der Waals surface area contributed by atoms with Gasteiger partial charge in [-0.3, -0.25) is 4.79 Å². The Morgan fingerprint density at radius 1 is 1.19 bits per heavy atom. The van der Waals surface area contributed by atoms with E-state index in [0.29, 0.717) is 0 Å². The summed E-state index contributed by atoms with van der Waals surface area (Å²) >= 11 is 0. The molecule has 0 aliphatic heterocycles. The monoisotopic (exact) mass is 285 g/mol. The minimum Gasteiger partial charge on any atom is -0.351 e. The molecule has 0 aliphatic rings. The van der Waals surface area contributed by atoms with E-state index in [1.54, 1.807) is 0 Å². The molecule has 21 heavy (non-hydrogen) atoms. The maximum absolute atomic E-state index is 12.9. The lowest BCUT2D eigenvalue weighted by molar-refractivity contribution is -0.874. The first kappa shape index (κ1) is 15.5. The van der Waals surface area contributed by atoms with E-state index in [-0.39, 0.29) is 11.8 Å². The lowest BCUT2D eigenvalue weighted by atomic mass is 9.97. The Morgan fingerprint density at radius 2 is 1.81 bits per heavy atom. The summed E-state index contributed by atoms with van der Waals surface area (Å²) in [6.45, 7) is 4.06. The number of benzene rings is 1. The maximum Gasteiger partial charge on any atom is 0.222 e. The zero-order valence-electron chi connectivity index (χ0n) is 13.6. The lowest BCUT2D eigenvalue weighted by Gasteiger charge is -2.20. The summed E-state index contributed by atoms with van der Waals surface area (Å²) in [6, 6.07) is 12.2. The molecule has 2 rings (SSSR count). The number of rotatable bonds is 5. The van der Waals surface area contributed by atoms with Crippen LogP contribution in [0.25, 0.3) is 0 Å². The van der Waals surface area contributed by atoms with Gasteiger partial charge in [-0.15, -0.1) is 0 Å². The zero-order valence-corrected chi connectivity index (χ0v) is 13.6. The van der Waals surface area contributed by atoms with Crippen LogP contribution in [0.1, 0.15) is 27.3 Å². The number of carbonyl (C=O) groups excluding carboxylic acids is 1. The Bertz CT molecular complexity index is 626. The second-order valence-corrected chi connectivity index (χ2v) is 6.03. The van der Waals surface area contributed by atoms with Gasteiger partial charge in [-0.2, -0.15) is 0 Å². The largest absolute Gasteiger partial charge is 0.351 e. The topological polar surface area (TPSA) is 26.4 Å². The predicted octanol–water partition coefficient (Wildman–Crippen LogP) is 1.58. The highest BCUT2D eigenvalue weighted by atomic mass is 16.1. The first-order chi connectivity index (χ1) is 9.91. The van der Waals surface area contributed by atoms with Gasteiger partial charge >= 0.3 is 0 Å². The van der Waals surface area contributed by atoms with Crippen LogP contribution in [0.15, 0.2) is 36.4 Å². The molecule has 1 heterocycles. The summed E-state index contributed by atoms with van der Waals surface area (Å²) < 4.78 is 2.08. The average Bonchev–Trinajstić information content (AvgIpc) is 2.72. The highest BCUT2D eigenvalue weighted by Gasteiger charge is 2.28. The molecule has 0 fully saturated rings. The van der Waals surface area contributed by atoms with Crippen LogP contribution >= 0.6 is 0 Å². The summed E-state index contributed by atoms with van der Waals surface area (Å²) in [5.41, 5.74) is 4.25. The molecule has 112 valence electrons. The number of likely N-dealkylation sites (N-methyl/N-ethyl adjacent to an activating group) is 1. The Hall–Kier alpha value is -1.87. The third-order valence-corrected chi connectivity index (χ3v) is 4.34. The van der Waals surface area contributed by atoms with Crippen LogP contribution in [0.4, 0.5) is 0 Å². The summed E-state index contributed by atoms with van der Waals surface area (Å²) in [5, 5.41) is 0. The van der Waals surface area contributed by atoms with Crippen molar-refractivity contribution in [3.63, 3.8) is 0 Å². The van der Waals surface area contributed by atoms with Gasteiger partial charge in [0.15, 0.2) is 6.04 Å². The Kier molecular flexibility index (Phi) is 4.63. The van der Waals surface area contributed by atoms with Gasteiger partial charge in [-0.1, -0.05) is 30.3 Å². The zero-order chi connectivity index (χ0) is 15.6. The second kappa shape index (κ2) is 6.27. The fourth-order valence-corrected chi connectivity index (χ4v) is 2.70. The molecule has 1 N–H and O–H groups in total. The molecular weight excluding hydrogens is 260 g/mol. The van der Waals surface area contributed by atoms with Crippen LogP contribution < -0.4 is 4.90 Å². The van der Waals surface area contributed by atoms with Gasteiger partial charge in [0.05, 0.1) is 14.1 Å². The normalized spacial score (nSPS) is 12.7. The van der Waals surface area contributed by atoms with E-state index in [0.717, 1.165) is 23.4 Å². The molecule has 0 saturated carbocycles. The molecular formula is C18H25N2O+. The van der Waals surface area contributed by atoms with E-state index < -0.39 is 0 Å². The number of aryl methyl sites for hydroxylation is 1. The molecule has 1 atom stereocenters. The number of hydrogen-bond acceptors (Lipinski definition) is 1. The quantitative estimate of drug-likeness (QED) is 0.830. The molecule has 2 aromatic rings. The van der Waals surface area contributed by atoms with Crippen molar-refractivity contribution in [2.24, 2.45) is 7.05 Å². The van der Waals surface area contributed by atoms with Gasteiger partial charge in [-0.05, 0) is 25.5 Å². The van der Waals surface area contributed by atoms with Gasteiger partial charge in [-0.25, -0.2) is 0 Å². The van der Waals surface area contributed by atoms with Crippen LogP contribution in [0.3, 0.4) is 0 Å². The van der Waals surface area contributed by atoms with Gasteiger partial charge in [0, 0.05) is 30.4 Å². The standard InChI is InChI=1S/C18H24N2O/c1-13-11-16(14(2)20(13)5)18(21)17(19(3)4)12-15-9-7-6-8-10-15/h6-11,17H,12H2,1-5H3/p+1/t17-/m1/s1. The molecule has 0 amide bonds. The molecule has 3 heteroatoms. The Morgan fingerprint density at radius 3 is 2.29 bits per heavy atom. The van der Waals surface area contributed by atoms with E-state index in [1.807, 2.05) is 45.2 Å². The van der Waals surface area contributed by atoms with Crippen LogP contribution in [0.2, 0.25) is 0 Å². The van der Waals surface area contributed by atoms with Crippen LogP contribution in [-0.4, -0.2) is 30.5 Å². The van der Waals surface area contributed by atoms with Crippen molar-refractivity contribution in [3.8, 4) is 0 Å². The third-order valence-electron chi connectivity index (χ3n) is 4.34. The molecule has 0 bridgehead atoms. The Labute approximate surface area is 127 Å². The van der Waals surface area contributed by atoms with Crippen molar-refractivity contribution in [2.75, 3.05) is 14.1 Å². The molecule has 0 radical (unpaired) electrons. The predicted molar refractivity (Wildman–Crippen MR) is 86.0 cm³/mol. The number of Topliss-reactive ketones (excluding diaryl/α,β-unsaturated/α-hetero) is 1. The van der Waals surface area contributed by atoms with E-state index in [9.17, 15) is 4.79 Å². The minimum absolute atomic E-state index is 0.0482. The van der Waals surface area contributed by atoms with E-state index in [1.165, 1.54) is 10.5 Å². The van der Waals surface area contributed by atoms with Gasteiger partial charge in [0.25, 0.3) is 0 Å². The van der Waals surface area contributed by atoms with Crippen LogP contribution in [0.5, 0.6) is 0 Å². The van der Waals surface area contributed by atoms with Crippen LogP contribution in [-0.2, 0) is 13.5 Å². The molecule has 1 aromatic carbocycles. The Balaban J connectivity index is 2.30. The van der Waals surface area contributed by atoms with E-state index in [4.69, 9.17) is 0 Å². The van der Waals surface area contributed by atoms with Crippen molar-refractivity contribution >= 4 is 5.78 Å². The fourth-order valence-electron chi connectivity index (χ4n) is 2.70. The number of nitrogens with one attached hydrogen (secondary N) is 1. The van der Waals surface area contributed by atoms with E-state index in [2.05, 4.69) is 30.8 Å². The van der Waals surface area contributed by atoms with Crippen LogP contribution in [0, 0.1) is 13.8 Å². The number of carbonyl (C=O) groups is 1. The molecule has 0 spiro atoms. The van der Waals surface area contributed by atoms with Crippen molar-refractivity contribution in [1.82, 2.24) is 4.57 Å². The first-order valence-electron chi connectivity index (χ1n) is 7.43.